The fourth-order valence-electron chi connectivity index (χ4n) is 2.93. The van der Waals surface area contributed by atoms with Crippen LogP contribution in [0.25, 0.3) is 11.3 Å². The second-order valence-corrected chi connectivity index (χ2v) is 8.98. The van der Waals surface area contributed by atoms with Crippen molar-refractivity contribution in [2.75, 3.05) is 11.1 Å². The van der Waals surface area contributed by atoms with Gasteiger partial charge in [0.05, 0.1) is 11.4 Å². The predicted octanol–water partition coefficient (Wildman–Crippen LogP) is 4.72. The van der Waals surface area contributed by atoms with Crippen LogP contribution in [0.5, 0.6) is 0 Å². The number of thiazole rings is 1. The summed E-state index contributed by atoms with van der Waals surface area (Å²) in [5.41, 5.74) is 5.69. The Morgan fingerprint density at radius 1 is 1.18 bits per heavy atom. The molecule has 0 saturated heterocycles. The number of nitrogens with zero attached hydrogens (tertiary/aromatic N) is 4. The smallest absolute Gasteiger partial charge is 0.236 e. The van der Waals surface area contributed by atoms with Gasteiger partial charge in [-0.25, -0.2) is 4.98 Å². The average molecular weight is 416 g/mol. The highest BCUT2D eigenvalue weighted by molar-refractivity contribution is 7.99. The van der Waals surface area contributed by atoms with Gasteiger partial charge in [0.15, 0.2) is 10.3 Å². The van der Waals surface area contributed by atoms with Gasteiger partial charge in [-0.3, -0.25) is 4.79 Å². The van der Waals surface area contributed by atoms with E-state index < -0.39 is 0 Å². The molecule has 148 valence electrons. The lowest BCUT2D eigenvalue weighted by molar-refractivity contribution is -0.113. The third kappa shape index (κ3) is 4.44. The summed E-state index contributed by atoms with van der Waals surface area (Å²) in [6, 6.07) is 4.33. The Hall–Kier alpha value is -2.19. The number of hydrogen-bond donors (Lipinski definition) is 1. The minimum absolute atomic E-state index is 0.100. The van der Waals surface area contributed by atoms with E-state index in [1.54, 1.807) is 0 Å². The third-order valence-corrected chi connectivity index (χ3v) is 6.36. The van der Waals surface area contributed by atoms with Crippen molar-refractivity contribution in [3.05, 3.63) is 40.0 Å². The van der Waals surface area contributed by atoms with Gasteiger partial charge in [0, 0.05) is 23.9 Å². The normalized spacial score (nSPS) is 11.2. The molecular weight excluding hydrogens is 390 g/mol. The van der Waals surface area contributed by atoms with Crippen LogP contribution in [0.1, 0.15) is 42.3 Å². The first-order chi connectivity index (χ1) is 13.3. The van der Waals surface area contributed by atoms with E-state index in [4.69, 9.17) is 0 Å². The molecule has 0 spiro atoms. The summed E-state index contributed by atoms with van der Waals surface area (Å²) in [7, 11) is 1.93. The lowest BCUT2D eigenvalue weighted by atomic mass is 9.99. The molecule has 0 saturated carbocycles. The van der Waals surface area contributed by atoms with Gasteiger partial charge in [-0.2, -0.15) is 0 Å². The molecule has 1 aromatic carbocycles. The summed E-state index contributed by atoms with van der Waals surface area (Å²) in [5, 5.41) is 14.6. The molecule has 0 aliphatic heterocycles. The number of amides is 1. The van der Waals surface area contributed by atoms with Crippen LogP contribution >= 0.6 is 23.1 Å². The maximum Gasteiger partial charge on any atom is 0.236 e. The van der Waals surface area contributed by atoms with Gasteiger partial charge in [0.25, 0.3) is 0 Å². The van der Waals surface area contributed by atoms with Gasteiger partial charge in [-0.15, -0.1) is 21.5 Å². The molecule has 0 aliphatic carbocycles. The summed E-state index contributed by atoms with van der Waals surface area (Å²) < 4.78 is 1.94. The van der Waals surface area contributed by atoms with Crippen molar-refractivity contribution in [1.29, 1.82) is 0 Å². The first-order valence-corrected chi connectivity index (χ1v) is 11.0. The van der Waals surface area contributed by atoms with Crippen molar-refractivity contribution in [3.8, 4) is 11.3 Å². The molecule has 3 rings (SSSR count). The molecule has 1 amide bonds. The molecule has 0 fully saturated rings. The Morgan fingerprint density at radius 2 is 1.89 bits per heavy atom. The largest absolute Gasteiger partial charge is 0.309 e. The van der Waals surface area contributed by atoms with Crippen molar-refractivity contribution in [3.63, 3.8) is 0 Å². The highest BCUT2D eigenvalue weighted by atomic mass is 32.2. The molecule has 3 aromatic rings. The summed E-state index contributed by atoms with van der Waals surface area (Å²) >= 11 is 2.81. The van der Waals surface area contributed by atoms with Gasteiger partial charge in [0.1, 0.15) is 5.82 Å². The van der Waals surface area contributed by atoms with Gasteiger partial charge in [0.2, 0.25) is 5.91 Å². The fraction of sp³-hybridized carbons (Fsp3) is 0.400. The van der Waals surface area contributed by atoms with Crippen LogP contribution in [-0.2, 0) is 11.8 Å². The van der Waals surface area contributed by atoms with E-state index in [9.17, 15) is 4.79 Å². The van der Waals surface area contributed by atoms with Gasteiger partial charge in [-0.1, -0.05) is 31.7 Å². The lowest BCUT2D eigenvalue weighted by Gasteiger charge is -2.07. The monoisotopic (exact) mass is 415 g/mol. The zero-order valence-corrected chi connectivity index (χ0v) is 18.7. The average Bonchev–Trinajstić information content (AvgIpc) is 3.23. The summed E-state index contributed by atoms with van der Waals surface area (Å²) in [6.45, 7) is 10.4. The van der Waals surface area contributed by atoms with Gasteiger partial charge in [-0.05, 0) is 43.5 Å². The van der Waals surface area contributed by atoms with Crippen molar-refractivity contribution < 1.29 is 4.79 Å². The second kappa shape index (κ2) is 8.45. The van der Waals surface area contributed by atoms with E-state index in [0.717, 1.165) is 22.2 Å². The quantitative estimate of drug-likeness (QED) is 0.590. The van der Waals surface area contributed by atoms with Crippen LogP contribution in [0.2, 0.25) is 0 Å². The Morgan fingerprint density at radius 3 is 2.57 bits per heavy atom. The minimum Gasteiger partial charge on any atom is -0.309 e. The van der Waals surface area contributed by atoms with Crippen LogP contribution in [-0.4, -0.2) is 31.4 Å². The number of rotatable bonds is 6. The number of aryl methyl sites for hydroxylation is 3. The summed E-state index contributed by atoms with van der Waals surface area (Å²) in [5.74, 6) is 1.37. The molecule has 0 bridgehead atoms. The third-order valence-electron chi connectivity index (χ3n) is 4.58. The second-order valence-electron chi connectivity index (χ2n) is 7.18. The first-order valence-electron chi connectivity index (χ1n) is 9.12. The number of aromatic nitrogens is 4. The molecule has 0 atom stereocenters. The summed E-state index contributed by atoms with van der Waals surface area (Å²) in [4.78, 5) is 16.9. The number of carbonyl (C=O) groups is 1. The van der Waals surface area contributed by atoms with Crippen LogP contribution in [0.3, 0.4) is 0 Å². The maximum absolute atomic E-state index is 12.3. The minimum atomic E-state index is -0.100. The van der Waals surface area contributed by atoms with Crippen molar-refractivity contribution in [1.82, 2.24) is 19.7 Å². The standard InChI is InChI=1S/C20H25N5OS2/c1-11(2)18-23-24-20(25(18)6)28-10-17(26)22-19-21-16(9-27-19)15-8-13(4)12(3)7-14(15)5/h7-9,11H,10H2,1-6H3,(H,21,22,26). The molecule has 0 radical (unpaired) electrons. The molecular formula is C20H25N5OS2. The zero-order chi connectivity index (χ0) is 20.4. The number of nitrogens with one attached hydrogen (secondary N) is 1. The van der Waals surface area contributed by atoms with Crippen LogP contribution in [0, 0.1) is 20.8 Å². The fourth-order valence-corrected chi connectivity index (χ4v) is 4.38. The Labute approximate surface area is 173 Å². The molecule has 2 heterocycles. The lowest BCUT2D eigenvalue weighted by Crippen LogP contribution is -2.14. The number of benzene rings is 1. The molecule has 0 unspecified atom stereocenters. The first kappa shape index (κ1) is 20.5. The van der Waals surface area contributed by atoms with Crippen molar-refractivity contribution >= 4 is 34.1 Å². The van der Waals surface area contributed by atoms with E-state index in [2.05, 4.69) is 67.2 Å². The SMILES string of the molecule is Cc1cc(C)c(-c2csc(NC(=O)CSc3nnc(C(C)C)n3C)n2)cc1C. The highest BCUT2D eigenvalue weighted by Crippen LogP contribution is 2.29. The Balaban J connectivity index is 1.64. The molecule has 0 aliphatic rings. The Bertz CT molecular complexity index is 1010. The van der Waals surface area contributed by atoms with Gasteiger partial charge < -0.3 is 9.88 Å². The van der Waals surface area contributed by atoms with E-state index in [0.29, 0.717) is 11.0 Å². The summed E-state index contributed by atoms with van der Waals surface area (Å²) in [6.07, 6.45) is 0. The van der Waals surface area contributed by atoms with E-state index >= 15 is 0 Å². The van der Waals surface area contributed by atoms with E-state index in [1.165, 1.54) is 39.8 Å². The maximum atomic E-state index is 12.3. The number of anilines is 1. The van der Waals surface area contributed by atoms with Crippen LogP contribution in [0.4, 0.5) is 5.13 Å². The molecule has 6 nitrogen and oxygen atoms in total. The van der Waals surface area contributed by atoms with Crippen molar-refractivity contribution in [2.24, 2.45) is 7.05 Å². The van der Waals surface area contributed by atoms with E-state index in [-0.39, 0.29) is 11.7 Å². The molecule has 8 heteroatoms. The number of hydrogen-bond acceptors (Lipinski definition) is 6. The molecule has 1 N–H and O–H groups in total. The zero-order valence-electron chi connectivity index (χ0n) is 17.0. The molecule has 28 heavy (non-hydrogen) atoms. The van der Waals surface area contributed by atoms with Gasteiger partial charge >= 0.3 is 0 Å². The predicted molar refractivity (Wildman–Crippen MR) is 116 cm³/mol. The molecule has 2 aromatic heterocycles. The van der Waals surface area contributed by atoms with Crippen LogP contribution in [0.15, 0.2) is 22.7 Å². The number of carbonyl (C=O) groups excluding carboxylic acids is 1. The van der Waals surface area contributed by atoms with Crippen LogP contribution < -0.4 is 5.32 Å². The Kier molecular flexibility index (Phi) is 6.20. The van der Waals surface area contributed by atoms with Crippen molar-refractivity contribution in [2.45, 2.75) is 45.7 Å². The topological polar surface area (TPSA) is 72.7 Å². The number of thioether (sulfide) groups is 1. The van der Waals surface area contributed by atoms with E-state index in [1.807, 2.05) is 17.0 Å². The highest BCUT2D eigenvalue weighted by Gasteiger charge is 2.15.